The Labute approximate surface area is 506 Å². The number of phenols is 1. The van der Waals surface area contributed by atoms with E-state index in [2.05, 4.69) is 252 Å². The molecule has 0 amide bonds. The molecule has 0 bridgehead atoms. The third-order valence-electron chi connectivity index (χ3n) is 19.7. The summed E-state index contributed by atoms with van der Waals surface area (Å²) >= 11 is 0. The molecule has 0 atom stereocenters. The Balaban J connectivity index is 1.03. The normalized spacial score (nSPS) is 14.3. The molecule has 1 heterocycles. The largest absolute Gasteiger partial charge is 0.505 e. The SMILES string of the molecule is Cc1ccc(N(c2cccc(-c3cccc(-c4ccccc4C)c3)c2O)c2cc(C3CCCCC3)c3ccc4c(N(c5ccc(C)cc5C)c5cccc6c5oc5c(-c7ccccc7C)cccc56)cc(C5CCCCC5)c5ccc2c3c54)c(C)c1. The number of phenolic OH excluding ortho intramolecular Hbond substituents is 1. The van der Waals surface area contributed by atoms with Crippen molar-refractivity contribution in [1.82, 2.24) is 0 Å². The van der Waals surface area contributed by atoms with Crippen LogP contribution in [0.1, 0.15) is 121 Å². The fourth-order valence-electron chi connectivity index (χ4n) is 15.5. The number of rotatable bonds is 11. The molecule has 2 aliphatic carbocycles. The lowest BCUT2D eigenvalue weighted by Crippen LogP contribution is -2.15. The van der Waals surface area contributed by atoms with Gasteiger partial charge >= 0.3 is 0 Å². The minimum absolute atomic E-state index is 0.260. The summed E-state index contributed by atoms with van der Waals surface area (Å²) in [5.41, 5.74) is 24.5. The van der Waals surface area contributed by atoms with Crippen molar-refractivity contribution in [2.75, 3.05) is 9.80 Å². The Morgan fingerprint density at radius 2 is 0.779 bits per heavy atom. The molecule has 0 radical (unpaired) electrons. The van der Waals surface area contributed by atoms with Gasteiger partial charge in [-0.3, -0.25) is 0 Å². The van der Waals surface area contributed by atoms with Crippen molar-refractivity contribution in [3.63, 3.8) is 0 Å². The number of aromatic hydroxyl groups is 1. The van der Waals surface area contributed by atoms with Gasteiger partial charge in [-0.15, -0.1) is 0 Å². The number of hydrogen-bond donors (Lipinski definition) is 1. The average molecular weight is 1120 g/mol. The molecule has 4 nitrogen and oxygen atoms in total. The Hall–Kier alpha value is -9.12. The molecule has 1 aromatic heterocycles. The van der Waals surface area contributed by atoms with Gasteiger partial charge in [0.2, 0.25) is 0 Å². The highest BCUT2D eigenvalue weighted by Crippen LogP contribution is 2.56. The Bertz CT molecular complexity index is 4780. The van der Waals surface area contributed by atoms with Crippen LogP contribution in [0.25, 0.3) is 87.6 Å². The fourth-order valence-corrected chi connectivity index (χ4v) is 15.5. The number of furan rings is 1. The van der Waals surface area contributed by atoms with Gasteiger partial charge in [-0.1, -0.05) is 207 Å². The maximum atomic E-state index is 13.2. The zero-order valence-corrected chi connectivity index (χ0v) is 50.5. The van der Waals surface area contributed by atoms with Crippen molar-refractivity contribution in [2.45, 2.75) is 118 Å². The minimum Gasteiger partial charge on any atom is -0.505 e. The molecule has 0 aliphatic heterocycles. The van der Waals surface area contributed by atoms with Crippen LogP contribution in [0, 0.1) is 41.5 Å². The van der Waals surface area contributed by atoms with Crippen LogP contribution in [0.3, 0.4) is 0 Å². The zero-order chi connectivity index (χ0) is 58.3. The van der Waals surface area contributed by atoms with E-state index < -0.39 is 0 Å². The predicted octanol–water partition coefficient (Wildman–Crippen LogP) is 24.1. The van der Waals surface area contributed by atoms with E-state index in [0.29, 0.717) is 11.8 Å². The van der Waals surface area contributed by atoms with E-state index in [0.717, 1.165) is 104 Å². The van der Waals surface area contributed by atoms with Crippen LogP contribution in [0.2, 0.25) is 0 Å². The van der Waals surface area contributed by atoms with E-state index in [-0.39, 0.29) is 5.75 Å². The van der Waals surface area contributed by atoms with E-state index in [4.69, 9.17) is 4.42 Å². The third kappa shape index (κ3) is 9.02. The van der Waals surface area contributed by atoms with Crippen molar-refractivity contribution in [1.29, 1.82) is 0 Å². The van der Waals surface area contributed by atoms with Crippen LogP contribution >= 0.6 is 0 Å². The second-order valence-corrected chi connectivity index (χ2v) is 25.3. The van der Waals surface area contributed by atoms with Gasteiger partial charge in [0.15, 0.2) is 5.58 Å². The summed E-state index contributed by atoms with van der Waals surface area (Å²) < 4.78 is 7.42. The first-order valence-electron chi connectivity index (χ1n) is 31.6. The zero-order valence-electron chi connectivity index (χ0n) is 50.5. The van der Waals surface area contributed by atoms with Crippen molar-refractivity contribution in [3.8, 4) is 39.1 Å². The molecule has 0 spiro atoms. The topological polar surface area (TPSA) is 39.9 Å². The number of fused-ring (bicyclic) bond motifs is 3. The third-order valence-corrected chi connectivity index (χ3v) is 19.7. The fraction of sp³-hybridized carbons (Fsp3) is 0.220. The minimum atomic E-state index is 0.260. The highest BCUT2D eigenvalue weighted by atomic mass is 16.3. The molecule has 13 aromatic rings. The van der Waals surface area contributed by atoms with Crippen LogP contribution < -0.4 is 9.80 Å². The molecular formula is C82H74N2O2. The number of para-hydroxylation sites is 3. The summed E-state index contributed by atoms with van der Waals surface area (Å²) in [7, 11) is 0. The molecule has 2 saturated carbocycles. The van der Waals surface area contributed by atoms with Gasteiger partial charge in [0, 0.05) is 44.0 Å². The van der Waals surface area contributed by atoms with Crippen molar-refractivity contribution in [2.24, 2.45) is 0 Å². The van der Waals surface area contributed by atoms with Crippen LogP contribution in [0.15, 0.2) is 205 Å². The number of nitrogens with zero attached hydrogens (tertiary/aromatic N) is 2. The lowest BCUT2D eigenvalue weighted by Gasteiger charge is -2.34. The van der Waals surface area contributed by atoms with Crippen LogP contribution in [-0.2, 0) is 0 Å². The van der Waals surface area contributed by atoms with Crippen molar-refractivity contribution >= 4 is 88.4 Å². The number of aryl methyl sites for hydroxylation is 6. The molecule has 1 N–H and O–H groups in total. The smallest absolute Gasteiger partial charge is 0.159 e. The second-order valence-electron chi connectivity index (χ2n) is 25.3. The summed E-state index contributed by atoms with van der Waals surface area (Å²) in [5.74, 6) is 1.05. The number of benzene rings is 12. The molecule has 2 fully saturated rings. The van der Waals surface area contributed by atoms with E-state index in [1.807, 2.05) is 0 Å². The maximum absolute atomic E-state index is 13.2. The van der Waals surface area contributed by atoms with Gasteiger partial charge in [-0.05, 0) is 199 Å². The molecule has 0 saturated heterocycles. The first-order valence-corrected chi connectivity index (χ1v) is 31.6. The summed E-state index contributed by atoms with van der Waals surface area (Å²) in [5, 5.41) is 23.2. The quantitative estimate of drug-likeness (QED) is 0.131. The Morgan fingerprint density at radius 1 is 0.326 bits per heavy atom. The standard InChI is InChI=1S/C82H74N2O2/c1-50-37-43-72(54(5)45-50)83(74-35-19-31-62(80(74)85)59-28-17-27-58(47-59)60-29-15-13-21-52(60)3)76-48-70(56-23-9-7-10-24-56)63-40-42-69-77(49-71(57-25-11-8-12-26-57)64-39-41-68(76)78(63)79(64)69)84(73-44-38-51(2)46-55(73)6)75-36-20-34-67-66-33-18-32-65(81(66)86-82(67)75)61-30-16-14-22-53(61)4/h13-22,27-49,56-57,85H,7-12,23-26H2,1-6H3. The Morgan fingerprint density at radius 3 is 1.35 bits per heavy atom. The molecule has 86 heavy (non-hydrogen) atoms. The Kier molecular flexibility index (Phi) is 13.6. The van der Waals surface area contributed by atoms with E-state index in [1.165, 1.54) is 127 Å². The van der Waals surface area contributed by atoms with Crippen LogP contribution in [0.4, 0.5) is 34.1 Å². The molecule has 4 heteroatoms. The van der Waals surface area contributed by atoms with Crippen molar-refractivity contribution in [3.05, 3.63) is 245 Å². The van der Waals surface area contributed by atoms with Gasteiger partial charge in [0.1, 0.15) is 11.3 Å². The van der Waals surface area contributed by atoms with Gasteiger partial charge in [0.05, 0.1) is 22.7 Å². The molecule has 12 aromatic carbocycles. The maximum Gasteiger partial charge on any atom is 0.159 e. The first-order chi connectivity index (χ1) is 42.1. The lowest BCUT2D eigenvalue weighted by atomic mass is 9.77. The highest BCUT2D eigenvalue weighted by Gasteiger charge is 2.32. The molecular weight excluding hydrogens is 1040 g/mol. The summed E-state index contributed by atoms with van der Waals surface area (Å²) in [6.45, 7) is 13.3. The molecule has 15 rings (SSSR count). The summed E-state index contributed by atoms with van der Waals surface area (Å²) in [6, 6.07) is 74.4. The first kappa shape index (κ1) is 53.6. The molecule has 2 aliphatic rings. The summed E-state index contributed by atoms with van der Waals surface area (Å²) in [4.78, 5) is 4.98. The van der Waals surface area contributed by atoms with Gasteiger partial charge in [-0.25, -0.2) is 0 Å². The molecule has 0 unspecified atom stereocenters. The van der Waals surface area contributed by atoms with Crippen LogP contribution in [0.5, 0.6) is 5.75 Å². The molecule has 424 valence electrons. The predicted molar refractivity (Wildman–Crippen MR) is 365 cm³/mol. The van der Waals surface area contributed by atoms with Gasteiger partial charge < -0.3 is 19.3 Å². The number of hydrogen-bond acceptors (Lipinski definition) is 4. The monoisotopic (exact) mass is 1120 g/mol. The second kappa shape index (κ2) is 21.7. The summed E-state index contributed by atoms with van der Waals surface area (Å²) in [6.07, 6.45) is 12.1. The van der Waals surface area contributed by atoms with Crippen molar-refractivity contribution < 1.29 is 9.52 Å². The van der Waals surface area contributed by atoms with Crippen LogP contribution in [-0.4, -0.2) is 5.11 Å². The van der Waals surface area contributed by atoms with E-state index in [9.17, 15) is 5.11 Å². The van der Waals surface area contributed by atoms with E-state index in [1.54, 1.807) is 0 Å². The average Bonchev–Trinajstić information content (AvgIpc) is 0.824. The number of anilines is 6. The van der Waals surface area contributed by atoms with E-state index >= 15 is 0 Å². The van der Waals surface area contributed by atoms with Gasteiger partial charge in [-0.2, -0.15) is 0 Å². The highest BCUT2D eigenvalue weighted by molar-refractivity contribution is 6.30. The lowest BCUT2D eigenvalue weighted by molar-refractivity contribution is 0.445. The van der Waals surface area contributed by atoms with Gasteiger partial charge in [0.25, 0.3) is 0 Å².